The molecule has 0 bridgehead atoms. The van der Waals surface area contributed by atoms with Crippen molar-refractivity contribution in [1.82, 2.24) is 0 Å². The molecule has 2 aromatic carbocycles. The van der Waals surface area contributed by atoms with Crippen LogP contribution < -0.4 is 11.1 Å². The Hall–Kier alpha value is -2.69. The SMILES string of the molecule is Cc1ccc(F)cc1C1Nc2ccc([C]=O)cc2CC1(C)C(N)=O. The summed E-state index contributed by atoms with van der Waals surface area (Å²) in [6, 6.07) is 9.19. The predicted octanol–water partition coefficient (Wildman–Crippen LogP) is 2.79. The lowest BCUT2D eigenvalue weighted by molar-refractivity contribution is -0.127. The second-order valence-corrected chi connectivity index (χ2v) is 6.51. The van der Waals surface area contributed by atoms with Gasteiger partial charge < -0.3 is 11.1 Å². The maximum absolute atomic E-state index is 13.8. The molecule has 0 aliphatic carbocycles. The zero-order chi connectivity index (χ0) is 17.5. The van der Waals surface area contributed by atoms with Gasteiger partial charge in [0.15, 0.2) is 0 Å². The van der Waals surface area contributed by atoms with Crippen molar-refractivity contribution in [2.45, 2.75) is 26.3 Å². The van der Waals surface area contributed by atoms with Crippen molar-refractivity contribution in [2.75, 3.05) is 5.32 Å². The third-order valence-corrected chi connectivity index (χ3v) is 4.83. The van der Waals surface area contributed by atoms with Gasteiger partial charge in [-0.25, -0.2) is 4.39 Å². The Morgan fingerprint density at radius 2 is 2.08 bits per heavy atom. The third kappa shape index (κ3) is 2.56. The van der Waals surface area contributed by atoms with Crippen molar-refractivity contribution in [2.24, 2.45) is 11.1 Å². The number of anilines is 1. The molecule has 0 spiro atoms. The highest BCUT2D eigenvalue weighted by atomic mass is 19.1. The van der Waals surface area contributed by atoms with Crippen LogP contribution in [0, 0.1) is 18.2 Å². The number of primary amides is 1. The summed E-state index contributed by atoms with van der Waals surface area (Å²) in [5.41, 5.74) is 8.37. The van der Waals surface area contributed by atoms with E-state index in [9.17, 15) is 14.0 Å². The van der Waals surface area contributed by atoms with Crippen molar-refractivity contribution < 1.29 is 14.0 Å². The number of fused-ring (bicyclic) bond motifs is 1. The number of halogens is 1. The van der Waals surface area contributed by atoms with Crippen LogP contribution in [-0.4, -0.2) is 12.2 Å². The highest BCUT2D eigenvalue weighted by molar-refractivity contribution is 5.85. The Morgan fingerprint density at radius 1 is 1.33 bits per heavy atom. The van der Waals surface area contributed by atoms with Gasteiger partial charge in [-0.1, -0.05) is 6.07 Å². The minimum Gasteiger partial charge on any atom is -0.377 e. The molecule has 0 aromatic heterocycles. The molecule has 5 heteroatoms. The fourth-order valence-electron chi connectivity index (χ4n) is 3.33. The smallest absolute Gasteiger partial charge is 0.233 e. The van der Waals surface area contributed by atoms with E-state index in [0.29, 0.717) is 17.5 Å². The molecular weight excluding hydrogens is 307 g/mol. The molecule has 1 aliphatic rings. The minimum absolute atomic E-state index is 0.360. The molecule has 24 heavy (non-hydrogen) atoms. The number of rotatable bonds is 3. The van der Waals surface area contributed by atoms with Crippen LogP contribution in [0.15, 0.2) is 36.4 Å². The van der Waals surface area contributed by atoms with Crippen LogP contribution in [0.4, 0.5) is 10.1 Å². The Kier molecular flexibility index (Phi) is 3.87. The maximum Gasteiger partial charge on any atom is 0.233 e. The first-order chi connectivity index (χ1) is 11.3. The Bertz CT molecular complexity index is 834. The van der Waals surface area contributed by atoms with Crippen molar-refractivity contribution in [1.29, 1.82) is 0 Å². The molecule has 1 aliphatic heterocycles. The first kappa shape index (κ1) is 16.2. The van der Waals surface area contributed by atoms with Crippen molar-refractivity contribution in [3.63, 3.8) is 0 Å². The normalized spacial score (nSPS) is 22.4. The van der Waals surface area contributed by atoms with Gasteiger partial charge in [-0.15, -0.1) is 0 Å². The predicted molar refractivity (Wildman–Crippen MR) is 89.7 cm³/mol. The van der Waals surface area contributed by atoms with Gasteiger partial charge in [-0.3, -0.25) is 9.59 Å². The number of aryl methyl sites for hydroxylation is 1. The second-order valence-electron chi connectivity index (χ2n) is 6.51. The van der Waals surface area contributed by atoms with E-state index in [1.54, 1.807) is 31.2 Å². The van der Waals surface area contributed by atoms with E-state index in [4.69, 9.17) is 5.73 Å². The summed E-state index contributed by atoms with van der Waals surface area (Å²) < 4.78 is 13.8. The fraction of sp³-hybridized carbons (Fsp3) is 0.263. The lowest BCUT2D eigenvalue weighted by Gasteiger charge is -2.42. The molecule has 3 rings (SSSR count). The van der Waals surface area contributed by atoms with Crippen LogP contribution in [0.3, 0.4) is 0 Å². The summed E-state index contributed by atoms with van der Waals surface area (Å²) in [7, 11) is 0. The number of hydrogen-bond acceptors (Lipinski definition) is 3. The summed E-state index contributed by atoms with van der Waals surface area (Å²) in [5.74, 6) is -0.837. The highest BCUT2D eigenvalue weighted by Crippen LogP contribution is 2.46. The van der Waals surface area contributed by atoms with Crippen LogP contribution in [0.25, 0.3) is 0 Å². The van der Waals surface area contributed by atoms with Gasteiger partial charge in [0.25, 0.3) is 0 Å². The molecule has 0 saturated heterocycles. The topological polar surface area (TPSA) is 72.2 Å². The number of carbonyl (C=O) groups is 1. The van der Waals surface area contributed by atoms with E-state index in [1.165, 1.54) is 12.1 Å². The molecule has 4 nitrogen and oxygen atoms in total. The molecule has 1 amide bonds. The zero-order valence-electron chi connectivity index (χ0n) is 13.5. The molecule has 0 saturated carbocycles. The third-order valence-electron chi connectivity index (χ3n) is 4.83. The van der Waals surface area contributed by atoms with E-state index in [-0.39, 0.29) is 5.82 Å². The second kappa shape index (κ2) is 5.74. The first-order valence-electron chi connectivity index (χ1n) is 7.69. The van der Waals surface area contributed by atoms with E-state index in [2.05, 4.69) is 5.32 Å². The van der Waals surface area contributed by atoms with Crippen LogP contribution in [0.2, 0.25) is 0 Å². The molecule has 0 fully saturated rings. The van der Waals surface area contributed by atoms with E-state index in [1.807, 2.05) is 13.2 Å². The number of nitrogens with one attached hydrogen (secondary N) is 1. The van der Waals surface area contributed by atoms with Crippen molar-refractivity contribution in [3.05, 3.63) is 64.5 Å². The average molecular weight is 325 g/mol. The Balaban J connectivity index is 2.15. The standard InChI is InChI=1S/C19H18FN2O2/c1-11-3-5-14(20)8-15(11)17-19(2,18(21)24)9-13-7-12(10-23)4-6-16(13)22-17/h3-8,17,22H,9H2,1-2H3,(H2,21,24). The molecule has 2 unspecified atom stereocenters. The molecule has 2 aromatic rings. The molecular formula is C19H18FN2O2. The molecule has 123 valence electrons. The number of hydrogen-bond donors (Lipinski definition) is 2. The van der Waals surface area contributed by atoms with E-state index < -0.39 is 17.4 Å². The van der Waals surface area contributed by atoms with E-state index >= 15 is 0 Å². The van der Waals surface area contributed by atoms with Gasteiger partial charge in [0, 0.05) is 11.3 Å². The first-order valence-corrected chi connectivity index (χ1v) is 7.69. The van der Waals surface area contributed by atoms with Gasteiger partial charge in [0.05, 0.1) is 11.5 Å². The van der Waals surface area contributed by atoms with Crippen molar-refractivity contribution in [3.8, 4) is 0 Å². The van der Waals surface area contributed by atoms with Gasteiger partial charge in [0.1, 0.15) is 5.82 Å². The quantitative estimate of drug-likeness (QED) is 0.911. The average Bonchev–Trinajstić information content (AvgIpc) is 2.56. The zero-order valence-corrected chi connectivity index (χ0v) is 13.5. The summed E-state index contributed by atoms with van der Waals surface area (Å²) in [6.07, 6.45) is 2.21. The maximum atomic E-state index is 13.8. The number of nitrogens with two attached hydrogens (primary N) is 1. The van der Waals surface area contributed by atoms with Crippen molar-refractivity contribution >= 4 is 17.9 Å². The summed E-state index contributed by atoms with van der Waals surface area (Å²) in [6.45, 7) is 3.63. The number of carbonyl (C=O) groups excluding carboxylic acids is 2. The lowest BCUT2D eigenvalue weighted by atomic mass is 9.70. The minimum atomic E-state index is -0.951. The van der Waals surface area contributed by atoms with Crippen LogP contribution in [0.5, 0.6) is 0 Å². The van der Waals surface area contributed by atoms with Gasteiger partial charge >= 0.3 is 0 Å². The van der Waals surface area contributed by atoms with Gasteiger partial charge in [-0.05, 0) is 67.3 Å². The number of benzene rings is 2. The Labute approximate surface area is 139 Å². The van der Waals surface area contributed by atoms with Crippen LogP contribution in [-0.2, 0) is 16.0 Å². The largest absolute Gasteiger partial charge is 0.377 e. The fourth-order valence-corrected chi connectivity index (χ4v) is 3.33. The van der Waals surface area contributed by atoms with Crippen LogP contribution >= 0.6 is 0 Å². The Morgan fingerprint density at radius 3 is 2.75 bits per heavy atom. The summed E-state index contributed by atoms with van der Waals surface area (Å²) in [4.78, 5) is 23.1. The molecule has 1 radical (unpaired) electrons. The van der Waals surface area contributed by atoms with E-state index in [0.717, 1.165) is 16.8 Å². The van der Waals surface area contributed by atoms with Gasteiger partial charge in [0.2, 0.25) is 12.2 Å². The summed E-state index contributed by atoms with van der Waals surface area (Å²) in [5, 5.41) is 3.31. The highest BCUT2D eigenvalue weighted by Gasteiger charge is 2.45. The molecule has 2 atom stereocenters. The van der Waals surface area contributed by atoms with Crippen LogP contribution in [0.1, 0.15) is 35.2 Å². The number of amides is 1. The molecule has 3 N–H and O–H groups in total. The van der Waals surface area contributed by atoms with Gasteiger partial charge in [-0.2, -0.15) is 0 Å². The monoisotopic (exact) mass is 325 g/mol. The molecule has 1 heterocycles. The lowest BCUT2D eigenvalue weighted by Crippen LogP contribution is -2.47. The summed E-state index contributed by atoms with van der Waals surface area (Å²) >= 11 is 0.